The van der Waals surface area contributed by atoms with E-state index >= 15 is 0 Å². The first kappa shape index (κ1) is 6.49. The minimum absolute atomic E-state index is 0.261. The van der Waals surface area contributed by atoms with Crippen LogP contribution in [0.25, 0.3) is 11.7 Å². The smallest absolute Gasteiger partial charge is 0.264 e. The Morgan fingerprint density at radius 1 is 1.45 bits per heavy atom. The molecule has 2 rings (SSSR count). The molecule has 0 radical (unpaired) electrons. The molecular weight excluding hydrogens is 166 g/mol. The number of hydrogen-bond donors (Lipinski definition) is 0. The fourth-order valence-electron chi connectivity index (χ4n) is 0.769. The molecule has 0 saturated carbocycles. The lowest BCUT2D eigenvalue weighted by molar-refractivity contribution is 0.518. The normalized spacial score (nSPS) is 10.3. The van der Waals surface area contributed by atoms with E-state index in [1.165, 1.54) is 6.20 Å². The molecule has 0 atom stereocenters. The van der Waals surface area contributed by atoms with Crippen molar-refractivity contribution in [3.8, 4) is 11.7 Å². The summed E-state index contributed by atoms with van der Waals surface area (Å²) in [5, 5.41) is 0.261. The predicted molar refractivity (Wildman–Crippen MR) is 39.2 cm³/mol. The highest BCUT2D eigenvalue weighted by Crippen LogP contribution is 2.21. The van der Waals surface area contributed by atoms with Crippen molar-refractivity contribution < 1.29 is 8.83 Å². The predicted octanol–water partition coefficient (Wildman–Crippen LogP) is 2.59. The first-order valence-electron chi connectivity index (χ1n) is 3.01. The quantitative estimate of drug-likeness (QED) is 0.659. The van der Waals surface area contributed by atoms with Crippen LogP contribution in [0.4, 0.5) is 0 Å². The van der Waals surface area contributed by atoms with Gasteiger partial charge in [-0.05, 0) is 23.7 Å². The molecule has 11 heavy (non-hydrogen) atoms. The summed E-state index contributed by atoms with van der Waals surface area (Å²) >= 11 is 5.51. The molecule has 2 heterocycles. The van der Waals surface area contributed by atoms with Crippen LogP contribution in [0.2, 0.25) is 5.22 Å². The maximum atomic E-state index is 5.51. The molecule has 0 fully saturated rings. The van der Waals surface area contributed by atoms with Gasteiger partial charge in [0.2, 0.25) is 5.22 Å². The van der Waals surface area contributed by atoms with Gasteiger partial charge in [0.15, 0.2) is 5.76 Å². The van der Waals surface area contributed by atoms with Crippen LogP contribution in [-0.4, -0.2) is 4.98 Å². The lowest BCUT2D eigenvalue weighted by Gasteiger charge is -1.83. The van der Waals surface area contributed by atoms with E-state index in [2.05, 4.69) is 4.98 Å². The van der Waals surface area contributed by atoms with Gasteiger partial charge in [-0.15, -0.1) is 0 Å². The second kappa shape index (κ2) is 2.43. The summed E-state index contributed by atoms with van der Waals surface area (Å²) in [7, 11) is 0. The number of hydrogen-bond acceptors (Lipinski definition) is 3. The summed E-state index contributed by atoms with van der Waals surface area (Å²) in [6.07, 6.45) is 2.98. The van der Waals surface area contributed by atoms with E-state index in [-0.39, 0.29) is 5.22 Å². The van der Waals surface area contributed by atoms with Gasteiger partial charge in [-0.3, -0.25) is 0 Å². The van der Waals surface area contributed by atoms with Crippen molar-refractivity contribution in [2.75, 3.05) is 0 Å². The molecule has 4 heteroatoms. The maximum Gasteiger partial charge on any atom is 0.264 e. The molecule has 0 N–H and O–H groups in total. The Morgan fingerprint density at radius 2 is 2.36 bits per heavy atom. The largest absolute Gasteiger partial charge is 0.459 e. The highest BCUT2D eigenvalue weighted by atomic mass is 35.5. The Kier molecular flexibility index (Phi) is 1.43. The first-order valence-corrected chi connectivity index (χ1v) is 3.39. The van der Waals surface area contributed by atoms with Crippen molar-refractivity contribution in [2.24, 2.45) is 0 Å². The van der Waals surface area contributed by atoms with Crippen LogP contribution in [0.5, 0.6) is 0 Å². The van der Waals surface area contributed by atoms with Gasteiger partial charge in [0, 0.05) is 0 Å². The summed E-state index contributed by atoms with van der Waals surface area (Å²) < 4.78 is 10.0. The van der Waals surface area contributed by atoms with E-state index in [4.69, 9.17) is 20.4 Å². The highest BCUT2D eigenvalue weighted by molar-refractivity contribution is 6.28. The molecule has 0 amide bonds. The molecule has 3 nitrogen and oxygen atoms in total. The fraction of sp³-hybridized carbons (Fsp3) is 0. The molecule has 0 aliphatic rings. The Bertz CT molecular complexity index is 339. The SMILES string of the molecule is Clc1cnc(-c2ccco2)o1. The Balaban J connectivity index is 2.45. The van der Waals surface area contributed by atoms with E-state index in [1.807, 2.05) is 0 Å². The number of aromatic nitrogens is 1. The topological polar surface area (TPSA) is 39.2 Å². The minimum atomic E-state index is 0.261. The molecule has 2 aromatic rings. The Labute approximate surface area is 67.6 Å². The van der Waals surface area contributed by atoms with E-state index < -0.39 is 0 Å². The van der Waals surface area contributed by atoms with Gasteiger partial charge in [0.05, 0.1) is 12.5 Å². The third-order valence-corrected chi connectivity index (χ3v) is 1.38. The molecule has 56 valence electrons. The molecule has 0 saturated heterocycles. The van der Waals surface area contributed by atoms with Crippen LogP contribution in [0.3, 0.4) is 0 Å². The average Bonchev–Trinajstić information content (AvgIpc) is 2.55. The van der Waals surface area contributed by atoms with Crippen LogP contribution in [0.1, 0.15) is 0 Å². The van der Waals surface area contributed by atoms with Gasteiger partial charge >= 0.3 is 0 Å². The number of oxazole rings is 1. The molecular formula is C7H4ClNO2. The standard InChI is InChI=1S/C7H4ClNO2/c8-6-4-9-7(11-6)5-2-1-3-10-5/h1-4H. The van der Waals surface area contributed by atoms with E-state index in [0.29, 0.717) is 11.7 Å². The molecule has 2 aromatic heterocycles. The van der Waals surface area contributed by atoms with Crippen molar-refractivity contribution in [3.05, 3.63) is 29.8 Å². The number of rotatable bonds is 1. The average molecular weight is 170 g/mol. The van der Waals surface area contributed by atoms with E-state index in [1.54, 1.807) is 18.4 Å². The first-order chi connectivity index (χ1) is 5.36. The molecule has 0 aliphatic heterocycles. The van der Waals surface area contributed by atoms with Gasteiger partial charge < -0.3 is 8.83 Å². The van der Waals surface area contributed by atoms with Gasteiger partial charge in [0.25, 0.3) is 5.89 Å². The highest BCUT2D eigenvalue weighted by Gasteiger charge is 2.06. The van der Waals surface area contributed by atoms with Gasteiger partial charge in [-0.1, -0.05) is 0 Å². The van der Waals surface area contributed by atoms with E-state index in [0.717, 1.165) is 0 Å². The summed E-state index contributed by atoms with van der Waals surface area (Å²) in [5.41, 5.74) is 0. The zero-order valence-corrected chi connectivity index (χ0v) is 6.21. The minimum Gasteiger partial charge on any atom is -0.459 e. The third kappa shape index (κ3) is 1.14. The van der Waals surface area contributed by atoms with Crippen LogP contribution in [-0.2, 0) is 0 Å². The summed E-state index contributed by atoms with van der Waals surface area (Å²) in [4.78, 5) is 3.87. The molecule has 0 aromatic carbocycles. The van der Waals surface area contributed by atoms with Crippen molar-refractivity contribution in [1.29, 1.82) is 0 Å². The number of halogens is 1. The molecule has 0 unspecified atom stereocenters. The molecule has 0 aliphatic carbocycles. The summed E-state index contributed by atoms with van der Waals surface area (Å²) in [6.45, 7) is 0. The van der Waals surface area contributed by atoms with Crippen LogP contribution < -0.4 is 0 Å². The maximum absolute atomic E-state index is 5.51. The van der Waals surface area contributed by atoms with Gasteiger partial charge in [-0.25, -0.2) is 4.98 Å². The monoisotopic (exact) mass is 169 g/mol. The number of furan rings is 1. The van der Waals surface area contributed by atoms with Crippen LogP contribution in [0.15, 0.2) is 33.4 Å². The fourth-order valence-corrected chi connectivity index (χ4v) is 0.890. The van der Waals surface area contributed by atoms with Crippen LogP contribution in [0, 0.1) is 0 Å². The summed E-state index contributed by atoms with van der Waals surface area (Å²) in [6, 6.07) is 3.51. The van der Waals surface area contributed by atoms with E-state index in [9.17, 15) is 0 Å². The van der Waals surface area contributed by atoms with Crippen molar-refractivity contribution in [2.45, 2.75) is 0 Å². The van der Waals surface area contributed by atoms with Crippen molar-refractivity contribution in [3.63, 3.8) is 0 Å². The van der Waals surface area contributed by atoms with Gasteiger partial charge in [0.1, 0.15) is 0 Å². The zero-order valence-electron chi connectivity index (χ0n) is 5.45. The summed E-state index contributed by atoms with van der Waals surface area (Å²) in [5.74, 6) is 0.983. The molecule has 0 spiro atoms. The molecule has 0 bridgehead atoms. The lowest BCUT2D eigenvalue weighted by Crippen LogP contribution is -1.68. The number of nitrogens with zero attached hydrogens (tertiary/aromatic N) is 1. The van der Waals surface area contributed by atoms with Crippen molar-refractivity contribution in [1.82, 2.24) is 4.98 Å². The lowest BCUT2D eigenvalue weighted by atomic mass is 10.4. The Morgan fingerprint density at radius 3 is 2.91 bits per heavy atom. The second-order valence-corrected chi connectivity index (χ2v) is 2.32. The van der Waals surface area contributed by atoms with Crippen molar-refractivity contribution >= 4 is 11.6 Å². The third-order valence-electron chi connectivity index (χ3n) is 1.21. The Hall–Kier alpha value is -1.22. The zero-order chi connectivity index (χ0) is 7.68. The van der Waals surface area contributed by atoms with Crippen LogP contribution >= 0.6 is 11.6 Å². The second-order valence-electron chi connectivity index (χ2n) is 1.95. The van der Waals surface area contributed by atoms with Gasteiger partial charge in [-0.2, -0.15) is 0 Å².